The fourth-order valence-corrected chi connectivity index (χ4v) is 1.73. The van der Waals surface area contributed by atoms with E-state index in [0.29, 0.717) is 16.6 Å². The average Bonchev–Trinajstić information content (AvgIpc) is 2.82. The molecule has 86 valence electrons. The molecule has 16 heavy (non-hydrogen) atoms. The highest BCUT2D eigenvalue weighted by atomic mass is 35.5. The minimum Gasteiger partial charge on any atom is -0.460 e. The predicted molar refractivity (Wildman–Crippen MR) is 63.7 cm³/mol. The van der Waals surface area contributed by atoms with Gasteiger partial charge in [0.25, 0.3) is 0 Å². The molecule has 2 aromatic heterocycles. The Morgan fingerprint density at radius 3 is 2.94 bits per heavy atom. The largest absolute Gasteiger partial charge is 0.460 e. The van der Waals surface area contributed by atoms with Crippen molar-refractivity contribution in [1.82, 2.24) is 15.3 Å². The van der Waals surface area contributed by atoms with Crippen molar-refractivity contribution in [3.63, 3.8) is 0 Å². The predicted octanol–water partition coefficient (Wildman–Crippen LogP) is 2.39. The van der Waals surface area contributed by atoms with Gasteiger partial charge in [-0.1, -0.05) is 11.6 Å². The molecular formula is C11H14ClN3O. The van der Waals surface area contributed by atoms with Gasteiger partial charge in [-0.3, -0.25) is 0 Å². The Kier molecular flexibility index (Phi) is 3.31. The number of hydrogen-bond donors (Lipinski definition) is 2. The normalized spacial score (nSPS) is 10.9. The third kappa shape index (κ3) is 2.28. The van der Waals surface area contributed by atoms with E-state index in [4.69, 9.17) is 16.0 Å². The van der Waals surface area contributed by atoms with Crippen molar-refractivity contribution in [2.45, 2.75) is 13.3 Å². The first-order valence-electron chi connectivity index (χ1n) is 5.16. The topological polar surface area (TPSA) is 53.9 Å². The number of nitrogens with zero attached hydrogens (tertiary/aromatic N) is 1. The smallest absolute Gasteiger partial charge is 0.155 e. The van der Waals surface area contributed by atoms with Crippen LogP contribution in [0.4, 0.5) is 0 Å². The zero-order valence-electron chi connectivity index (χ0n) is 9.30. The molecule has 0 atom stereocenters. The Morgan fingerprint density at radius 1 is 1.50 bits per heavy atom. The van der Waals surface area contributed by atoms with Crippen LogP contribution in [-0.4, -0.2) is 23.6 Å². The Balaban J connectivity index is 2.24. The second-order valence-corrected chi connectivity index (χ2v) is 3.99. The molecule has 0 aromatic carbocycles. The van der Waals surface area contributed by atoms with Gasteiger partial charge in [0.05, 0.1) is 0 Å². The number of H-pyrrole nitrogens is 1. The van der Waals surface area contributed by atoms with Gasteiger partial charge in [0.15, 0.2) is 5.76 Å². The highest BCUT2D eigenvalue weighted by Gasteiger charge is 2.13. The monoisotopic (exact) mass is 239 g/mol. The van der Waals surface area contributed by atoms with Crippen molar-refractivity contribution >= 4 is 11.6 Å². The average molecular weight is 240 g/mol. The van der Waals surface area contributed by atoms with Crippen LogP contribution < -0.4 is 5.32 Å². The molecule has 0 saturated heterocycles. The van der Waals surface area contributed by atoms with Crippen LogP contribution in [-0.2, 0) is 6.42 Å². The Bertz CT molecular complexity index is 475. The van der Waals surface area contributed by atoms with Crippen LogP contribution in [0.15, 0.2) is 16.5 Å². The number of halogens is 1. The van der Waals surface area contributed by atoms with Crippen LogP contribution in [0.5, 0.6) is 0 Å². The Labute approximate surface area is 99.0 Å². The molecule has 0 radical (unpaired) electrons. The van der Waals surface area contributed by atoms with E-state index in [2.05, 4.69) is 15.3 Å². The maximum absolute atomic E-state index is 6.07. The molecule has 0 aliphatic heterocycles. The third-order valence-corrected chi connectivity index (χ3v) is 2.57. The van der Waals surface area contributed by atoms with Crippen LogP contribution in [0.3, 0.4) is 0 Å². The van der Waals surface area contributed by atoms with E-state index in [9.17, 15) is 0 Å². The number of nitrogens with one attached hydrogen (secondary N) is 2. The lowest BCUT2D eigenvalue weighted by molar-refractivity contribution is 0.546. The van der Waals surface area contributed by atoms with Gasteiger partial charge in [-0.15, -0.1) is 0 Å². The lowest BCUT2D eigenvalue weighted by Crippen LogP contribution is -2.11. The number of imidazole rings is 1. The zero-order valence-corrected chi connectivity index (χ0v) is 10.1. The second kappa shape index (κ2) is 4.72. The van der Waals surface area contributed by atoms with Gasteiger partial charge in [-0.05, 0) is 26.1 Å². The summed E-state index contributed by atoms with van der Waals surface area (Å²) in [6.45, 7) is 2.76. The summed E-state index contributed by atoms with van der Waals surface area (Å²) in [5, 5.41) is 3.59. The Hall–Kier alpha value is -1.26. The lowest BCUT2D eigenvalue weighted by atomic mass is 10.3. The molecule has 0 aliphatic carbocycles. The van der Waals surface area contributed by atoms with Gasteiger partial charge in [0.1, 0.15) is 22.4 Å². The quantitative estimate of drug-likeness (QED) is 0.862. The van der Waals surface area contributed by atoms with Crippen LogP contribution in [0.25, 0.3) is 11.5 Å². The fraction of sp³-hybridized carbons (Fsp3) is 0.364. The number of furan rings is 1. The summed E-state index contributed by atoms with van der Waals surface area (Å²) in [5.74, 6) is 2.42. The minimum atomic E-state index is 0.528. The first-order valence-corrected chi connectivity index (χ1v) is 5.54. The van der Waals surface area contributed by atoms with E-state index in [1.165, 1.54) is 0 Å². The lowest BCUT2D eigenvalue weighted by Gasteiger charge is -1.93. The molecule has 0 unspecified atom stereocenters. The number of aryl methyl sites for hydroxylation is 1. The molecule has 4 nitrogen and oxygen atoms in total. The second-order valence-electron chi connectivity index (χ2n) is 3.61. The summed E-state index contributed by atoms with van der Waals surface area (Å²) < 4.78 is 5.49. The van der Waals surface area contributed by atoms with E-state index < -0.39 is 0 Å². The maximum atomic E-state index is 6.07. The summed E-state index contributed by atoms with van der Waals surface area (Å²) in [6, 6.07) is 3.77. The molecule has 2 aromatic rings. The summed E-state index contributed by atoms with van der Waals surface area (Å²) in [6.07, 6.45) is 0.815. The SMILES string of the molecule is CNCCc1nc(-c2ccc(C)o2)c(Cl)[nH]1. The molecule has 0 amide bonds. The first-order chi connectivity index (χ1) is 7.70. The van der Waals surface area contributed by atoms with E-state index in [1.54, 1.807) is 0 Å². The van der Waals surface area contributed by atoms with Crippen molar-refractivity contribution < 1.29 is 4.42 Å². The fourth-order valence-electron chi connectivity index (χ4n) is 1.48. The molecule has 2 N–H and O–H groups in total. The van der Waals surface area contributed by atoms with Gasteiger partial charge in [0.2, 0.25) is 0 Å². The van der Waals surface area contributed by atoms with Crippen LogP contribution in [0.2, 0.25) is 5.15 Å². The highest BCUT2D eigenvalue weighted by molar-refractivity contribution is 6.31. The van der Waals surface area contributed by atoms with Crippen molar-refractivity contribution in [1.29, 1.82) is 0 Å². The van der Waals surface area contributed by atoms with Crippen LogP contribution >= 0.6 is 11.6 Å². The zero-order chi connectivity index (χ0) is 11.5. The summed E-state index contributed by atoms with van der Waals surface area (Å²) in [4.78, 5) is 7.45. The van der Waals surface area contributed by atoms with Gasteiger partial charge in [0, 0.05) is 13.0 Å². The minimum absolute atomic E-state index is 0.528. The number of aromatic nitrogens is 2. The molecule has 2 heterocycles. The third-order valence-electron chi connectivity index (χ3n) is 2.29. The van der Waals surface area contributed by atoms with E-state index in [1.807, 2.05) is 26.1 Å². The van der Waals surface area contributed by atoms with Crippen molar-refractivity contribution in [2.75, 3.05) is 13.6 Å². The van der Waals surface area contributed by atoms with Gasteiger partial charge >= 0.3 is 0 Å². The van der Waals surface area contributed by atoms with E-state index >= 15 is 0 Å². The summed E-state index contributed by atoms with van der Waals surface area (Å²) >= 11 is 6.07. The van der Waals surface area contributed by atoms with E-state index in [0.717, 1.165) is 24.6 Å². The highest BCUT2D eigenvalue weighted by Crippen LogP contribution is 2.27. The molecule has 0 aliphatic rings. The first kappa shape index (κ1) is 11.2. The molecule has 0 saturated carbocycles. The van der Waals surface area contributed by atoms with Gasteiger partial charge in [-0.25, -0.2) is 4.98 Å². The van der Waals surface area contributed by atoms with Crippen molar-refractivity contribution in [2.24, 2.45) is 0 Å². The molecule has 2 rings (SSSR count). The molecule has 0 spiro atoms. The van der Waals surface area contributed by atoms with Crippen molar-refractivity contribution in [3.8, 4) is 11.5 Å². The number of aromatic amines is 1. The molecule has 0 bridgehead atoms. The number of rotatable bonds is 4. The maximum Gasteiger partial charge on any atom is 0.155 e. The van der Waals surface area contributed by atoms with Crippen LogP contribution in [0.1, 0.15) is 11.6 Å². The molecule has 0 fully saturated rings. The van der Waals surface area contributed by atoms with E-state index in [-0.39, 0.29) is 0 Å². The number of likely N-dealkylation sites (N-methyl/N-ethyl adjacent to an activating group) is 1. The standard InChI is InChI=1S/C11H14ClN3O/c1-7-3-4-8(16-7)10-11(12)15-9(14-10)5-6-13-2/h3-4,13H,5-6H2,1-2H3,(H,14,15). The van der Waals surface area contributed by atoms with Crippen molar-refractivity contribution in [3.05, 3.63) is 28.9 Å². The number of hydrogen-bond acceptors (Lipinski definition) is 3. The molecular weight excluding hydrogens is 226 g/mol. The van der Waals surface area contributed by atoms with Gasteiger partial charge < -0.3 is 14.7 Å². The Morgan fingerprint density at radius 2 is 2.31 bits per heavy atom. The summed E-state index contributed by atoms with van der Waals surface area (Å²) in [7, 11) is 1.90. The van der Waals surface area contributed by atoms with Crippen LogP contribution in [0, 0.1) is 6.92 Å². The van der Waals surface area contributed by atoms with Gasteiger partial charge in [-0.2, -0.15) is 0 Å². The summed E-state index contributed by atoms with van der Waals surface area (Å²) in [5.41, 5.74) is 0.681. The molecule has 5 heteroatoms.